The number of benzene rings is 1. The van der Waals surface area contributed by atoms with Gasteiger partial charge in [0, 0.05) is 19.1 Å². The molecule has 1 aromatic heterocycles. The normalized spacial score (nSPS) is 20.1. The van der Waals surface area contributed by atoms with Gasteiger partial charge in [-0.2, -0.15) is 4.98 Å². The van der Waals surface area contributed by atoms with Crippen LogP contribution in [0.15, 0.2) is 35.4 Å². The SMILES string of the molecule is CC(C)S(=O)(=O)c1ccccc1Nc1nc(N[C@@H]2CCN(CCC3CCNCC3)C2)ncc1Cl. The van der Waals surface area contributed by atoms with Crippen LogP contribution >= 0.6 is 11.6 Å². The first kappa shape index (κ1) is 25.2. The van der Waals surface area contributed by atoms with E-state index in [0.717, 1.165) is 45.1 Å². The molecule has 2 fully saturated rings. The van der Waals surface area contributed by atoms with Crippen LogP contribution < -0.4 is 16.0 Å². The Morgan fingerprint density at radius 2 is 1.97 bits per heavy atom. The van der Waals surface area contributed by atoms with E-state index in [2.05, 4.69) is 30.8 Å². The third-order valence-electron chi connectivity index (χ3n) is 6.73. The van der Waals surface area contributed by atoms with Crippen LogP contribution in [0.5, 0.6) is 0 Å². The zero-order chi connectivity index (χ0) is 24.1. The summed E-state index contributed by atoms with van der Waals surface area (Å²) in [7, 11) is -3.46. The lowest BCUT2D eigenvalue weighted by Gasteiger charge is -2.25. The van der Waals surface area contributed by atoms with Gasteiger partial charge in [-0.25, -0.2) is 13.4 Å². The lowest BCUT2D eigenvalue weighted by Crippen LogP contribution is -2.32. The van der Waals surface area contributed by atoms with Gasteiger partial charge in [-0.1, -0.05) is 23.7 Å². The van der Waals surface area contributed by atoms with Gasteiger partial charge in [0.2, 0.25) is 5.95 Å². The Hall–Kier alpha value is -1.94. The maximum absolute atomic E-state index is 12.8. The molecule has 2 aliphatic rings. The summed E-state index contributed by atoms with van der Waals surface area (Å²) in [6.07, 6.45) is 6.41. The van der Waals surface area contributed by atoms with E-state index in [1.54, 1.807) is 44.3 Å². The summed E-state index contributed by atoms with van der Waals surface area (Å²) in [5, 5.41) is 9.78. The van der Waals surface area contributed by atoms with Crippen molar-refractivity contribution in [2.75, 3.05) is 43.4 Å². The first-order valence-corrected chi connectivity index (χ1v) is 14.1. The standard InChI is InChI=1S/C24H35ClN6O2S/c1-17(2)34(32,33)22-6-4-3-5-21(22)29-23-20(25)15-27-24(30-23)28-19-10-14-31(16-19)13-9-18-7-11-26-12-8-18/h3-6,15,17-19,26H,7-14,16H2,1-2H3,(H2,27,28,29,30)/t19-/m1/s1. The summed E-state index contributed by atoms with van der Waals surface area (Å²) < 4.78 is 25.6. The molecule has 186 valence electrons. The molecule has 1 aromatic carbocycles. The molecule has 1 atom stereocenters. The van der Waals surface area contributed by atoms with Gasteiger partial charge in [0.1, 0.15) is 5.02 Å². The van der Waals surface area contributed by atoms with Gasteiger partial charge >= 0.3 is 0 Å². The second kappa shape index (κ2) is 11.2. The number of nitrogens with zero attached hydrogens (tertiary/aromatic N) is 3. The first-order chi connectivity index (χ1) is 16.3. The molecule has 0 spiro atoms. The smallest absolute Gasteiger partial charge is 0.224 e. The summed E-state index contributed by atoms with van der Waals surface area (Å²) in [6.45, 7) is 8.81. The molecule has 2 aliphatic heterocycles. The fourth-order valence-corrected chi connectivity index (χ4v) is 5.94. The Morgan fingerprint density at radius 1 is 1.21 bits per heavy atom. The molecule has 2 saturated heterocycles. The zero-order valence-electron chi connectivity index (χ0n) is 19.9. The Kier molecular flexibility index (Phi) is 8.29. The van der Waals surface area contributed by atoms with Crippen LogP contribution in [0, 0.1) is 5.92 Å². The van der Waals surface area contributed by atoms with Crippen LogP contribution in [-0.4, -0.2) is 67.3 Å². The van der Waals surface area contributed by atoms with E-state index in [9.17, 15) is 8.42 Å². The highest BCUT2D eigenvalue weighted by atomic mass is 35.5. The number of halogens is 1. The van der Waals surface area contributed by atoms with Crippen LogP contribution in [0.25, 0.3) is 0 Å². The van der Waals surface area contributed by atoms with E-state index >= 15 is 0 Å². The molecule has 0 aliphatic carbocycles. The predicted molar refractivity (Wildman–Crippen MR) is 138 cm³/mol. The van der Waals surface area contributed by atoms with Gasteiger partial charge < -0.3 is 20.9 Å². The quantitative estimate of drug-likeness (QED) is 0.470. The minimum Gasteiger partial charge on any atom is -0.350 e. The van der Waals surface area contributed by atoms with E-state index in [4.69, 9.17) is 11.6 Å². The van der Waals surface area contributed by atoms with Crippen LogP contribution in [0.3, 0.4) is 0 Å². The Labute approximate surface area is 207 Å². The largest absolute Gasteiger partial charge is 0.350 e. The second-order valence-electron chi connectivity index (χ2n) is 9.52. The van der Waals surface area contributed by atoms with Gasteiger partial charge in [0.15, 0.2) is 15.7 Å². The predicted octanol–water partition coefficient (Wildman–Crippen LogP) is 3.93. The summed E-state index contributed by atoms with van der Waals surface area (Å²) >= 11 is 6.35. The molecule has 0 saturated carbocycles. The van der Waals surface area contributed by atoms with Crippen molar-refractivity contribution in [2.24, 2.45) is 5.92 Å². The minimum atomic E-state index is -3.46. The molecule has 34 heavy (non-hydrogen) atoms. The Balaban J connectivity index is 1.39. The molecule has 0 amide bonds. The van der Waals surface area contributed by atoms with E-state index in [1.807, 2.05) is 0 Å². The van der Waals surface area contributed by atoms with Crippen molar-refractivity contribution in [1.29, 1.82) is 0 Å². The number of anilines is 3. The molecule has 10 heteroatoms. The lowest BCUT2D eigenvalue weighted by atomic mass is 9.94. The highest BCUT2D eigenvalue weighted by Gasteiger charge is 2.25. The Morgan fingerprint density at radius 3 is 2.74 bits per heavy atom. The zero-order valence-corrected chi connectivity index (χ0v) is 21.5. The number of piperidine rings is 1. The van der Waals surface area contributed by atoms with Gasteiger partial charge in [-0.05, 0) is 77.2 Å². The van der Waals surface area contributed by atoms with Crippen LogP contribution in [0.2, 0.25) is 5.02 Å². The van der Waals surface area contributed by atoms with Gasteiger partial charge in [0.05, 0.1) is 22.0 Å². The molecular formula is C24H35ClN6O2S. The summed E-state index contributed by atoms with van der Waals surface area (Å²) in [5.74, 6) is 1.71. The number of nitrogens with one attached hydrogen (secondary N) is 3. The monoisotopic (exact) mass is 506 g/mol. The van der Waals surface area contributed by atoms with Crippen LogP contribution in [0.4, 0.5) is 17.5 Å². The molecule has 4 rings (SSSR count). The summed E-state index contributed by atoms with van der Waals surface area (Å²) in [6, 6.07) is 7.09. The van der Waals surface area contributed by atoms with Crippen molar-refractivity contribution in [2.45, 2.75) is 55.7 Å². The first-order valence-electron chi connectivity index (χ1n) is 12.1. The second-order valence-corrected chi connectivity index (χ2v) is 12.4. The summed E-state index contributed by atoms with van der Waals surface area (Å²) in [4.78, 5) is 11.7. The van der Waals surface area contributed by atoms with Crippen molar-refractivity contribution in [1.82, 2.24) is 20.2 Å². The van der Waals surface area contributed by atoms with E-state index in [0.29, 0.717) is 22.5 Å². The lowest BCUT2D eigenvalue weighted by molar-refractivity contribution is 0.271. The van der Waals surface area contributed by atoms with Crippen molar-refractivity contribution in [3.63, 3.8) is 0 Å². The van der Waals surface area contributed by atoms with Gasteiger partial charge in [-0.15, -0.1) is 0 Å². The number of hydrogen-bond donors (Lipinski definition) is 3. The third kappa shape index (κ3) is 6.19. The third-order valence-corrected chi connectivity index (χ3v) is 9.22. The number of sulfone groups is 1. The average Bonchev–Trinajstić information content (AvgIpc) is 3.28. The average molecular weight is 507 g/mol. The number of hydrogen-bond acceptors (Lipinski definition) is 8. The highest BCUT2D eigenvalue weighted by molar-refractivity contribution is 7.92. The number of para-hydroxylation sites is 1. The van der Waals surface area contributed by atoms with E-state index in [1.165, 1.54) is 19.3 Å². The molecular weight excluding hydrogens is 472 g/mol. The highest BCUT2D eigenvalue weighted by Crippen LogP contribution is 2.30. The Bertz CT molecular complexity index is 1070. The van der Waals surface area contributed by atoms with Gasteiger partial charge in [0.25, 0.3) is 0 Å². The van der Waals surface area contributed by atoms with Crippen LogP contribution in [-0.2, 0) is 9.84 Å². The van der Waals surface area contributed by atoms with Crippen molar-refractivity contribution < 1.29 is 8.42 Å². The topological polar surface area (TPSA) is 99.2 Å². The van der Waals surface area contributed by atoms with Gasteiger partial charge in [-0.3, -0.25) is 0 Å². The maximum Gasteiger partial charge on any atom is 0.224 e. The molecule has 3 heterocycles. The van der Waals surface area contributed by atoms with Crippen molar-refractivity contribution >= 4 is 38.9 Å². The molecule has 8 nitrogen and oxygen atoms in total. The fraction of sp³-hybridized carbons (Fsp3) is 0.583. The van der Waals surface area contributed by atoms with Crippen molar-refractivity contribution in [3.8, 4) is 0 Å². The molecule has 0 bridgehead atoms. The molecule has 2 aromatic rings. The van der Waals surface area contributed by atoms with E-state index in [-0.39, 0.29) is 10.9 Å². The number of aromatic nitrogens is 2. The minimum absolute atomic E-state index is 0.231. The van der Waals surface area contributed by atoms with E-state index < -0.39 is 15.1 Å². The number of likely N-dealkylation sites (tertiary alicyclic amines) is 1. The summed E-state index contributed by atoms with van der Waals surface area (Å²) in [5.41, 5.74) is 0.452. The van der Waals surface area contributed by atoms with Crippen LogP contribution in [0.1, 0.15) is 39.5 Å². The fourth-order valence-electron chi connectivity index (χ4n) is 4.60. The van der Waals surface area contributed by atoms with Crippen molar-refractivity contribution in [3.05, 3.63) is 35.5 Å². The number of rotatable bonds is 9. The maximum atomic E-state index is 12.8. The molecule has 0 radical (unpaired) electrons. The molecule has 0 unspecified atom stereocenters. The molecule has 3 N–H and O–H groups in total.